The normalized spacial score (nSPS) is 10.5. The summed E-state index contributed by atoms with van der Waals surface area (Å²) in [6, 6.07) is 11.7. The van der Waals surface area contributed by atoms with Gasteiger partial charge in [-0.05, 0) is 42.5 Å². The highest BCUT2D eigenvalue weighted by Gasteiger charge is 2.15. The molecule has 150 valence electrons. The van der Waals surface area contributed by atoms with Crippen LogP contribution in [0.3, 0.4) is 0 Å². The average Bonchev–Trinajstić information content (AvgIpc) is 3.18. The number of anilines is 1. The summed E-state index contributed by atoms with van der Waals surface area (Å²) in [6.07, 6.45) is 0. The summed E-state index contributed by atoms with van der Waals surface area (Å²) in [5, 5.41) is 5.94. The molecule has 1 N–H and O–H groups in total. The van der Waals surface area contributed by atoms with E-state index < -0.39 is 5.91 Å². The molecule has 29 heavy (non-hydrogen) atoms. The summed E-state index contributed by atoms with van der Waals surface area (Å²) in [5.74, 6) is 0.0487. The summed E-state index contributed by atoms with van der Waals surface area (Å²) in [4.78, 5) is 30.4. The molecule has 0 fully saturated rings. The van der Waals surface area contributed by atoms with Crippen LogP contribution in [0.15, 0.2) is 47.8 Å². The molecule has 1 heterocycles. The number of amides is 2. The van der Waals surface area contributed by atoms with Crippen LogP contribution in [0.4, 0.5) is 5.69 Å². The lowest BCUT2D eigenvalue weighted by atomic mass is 10.1. The van der Waals surface area contributed by atoms with E-state index in [9.17, 15) is 9.59 Å². The highest BCUT2D eigenvalue weighted by atomic mass is 35.5. The minimum absolute atomic E-state index is 0.188. The summed E-state index contributed by atoms with van der Waals surface area (Å²) < 4.78 is 5.64. The van der Waals surface area contributed by atoms with E-state index in [1.807, 2.05) is 0 Å². The van der Waals surface area contributed by atoms with Crippen LogP contribution in [-0.4, -0.2) is 35.8 Å². The maximum atomic E-state index is 12.5. The first-order chi connectivity index (χ1) is 13.8. The topological polar surface area (TPSA) is 71.5 Å². The number of ether oxygens (including phenoxy) is 1. The van der Waals surface area contributed by atoms with Crippen molar-refractivity contribution in [1.82, 2.24) is 9.88 Å². The molecule has 3 aromatic rings. The molecule has 0 radical (unpaired) electrons. The Kier molecular flexibility index (Phi) is 6.74. The molecular weight excluding hydrogens is 433 g/mol. The standard InChI is InChI=1S/C20H17Cl2N3O3S/c1-25(2)20(27)12-3-8-15(22)16(9-12)24-19(26)17-11-29-18(23-17)10-28-14-6-4-13(21)5-7-14/h3-9,11H,10H2,1-2H3,(H,24,26). The van der Waals surface area contributed by atoms with Gasteiger partial charge in [-0.25, -0.2) is 4.98 Å². The molecule has 0 aliphatic carbocycles. The molecule has 9 heteroatoms. The fourth-order valence-electron chi connectivity index (χ4n) is 2.36. The molecule has 1 aromatic heterocycles. The van der Waals surface area contributed by atoms with Crippen molar-refractivity contribution in [3.63, 3.8) is 0 Å². The third-order valence-corrected chi connectivity index (χ3v) is 5.23. The average molecular weight is 450 g/mol. The van der Waals surface area contributed by atoms with Crippen LogP contribution in [-0.2, 0) is 6.61 Å². The Morgan fingerprint density at radius 3 is 2.55 bits per heavy atom. The molecule has 0 bridgehead atoms. The van der Waals surface area contributed by atoms with E-state index in [1.54, 1.807) is 61.9 Å². The molecular formula is C20H17Cl2N3O3S. The number of nitrogens with zero attached hydrogens (tertiary/aromatic N) is 2. The number of aromatic nitrogens is 1. The second-order valence-corrected chi connectivity index (χ2v) is 8.00. The lowest BCUT2D eigenvalue weighted by Gasteiger charge is -2.12. The molecule has 0 saturated carbocycles. The Morgan fingerprint density at radius 1 is 1.14 bits per heavy atom. The third kappa shape index (κ3) is 5.47. The van der Waals surface area contributed by atoms with Crippen molar-refractivity contribution >= 4 is 52.0 Å². The molecule has 0 atom stereocenters. The first kappa shape index (κ1) is 21.1. The number of halogens is 2. The first-order valence-electron chi connectivity index (χ1n) is 8.49. The van der Waals surface area contributed by atoms with Gasteiger partial charge in [-0.15, -0.1) is 11.3 Å². The van der Waals surface area contributed by atoms with Crippen molar-refractivity contribution in [1.29, 1.82) is 0 Å². The number of benzene rings is 2. The smallest absolute Gasteiger partial charge is 0.275 e. The van der Waals surface area contributed by atoms with Gasteiger partial charge < -0.3 is 15.0 Å². The number of carbonyl (C=O) groups is 2. The molecule has 0 saturated heterocycles. The second kappa shape index (κ2) is 9.26. The Bertz CT molecular complexity index is 1040. The number of hydrogen-bond donors (Lipinski definition) is 1. The zero-order chi connectivity index (χ0) is 21.0. The van der Waals surface area contributed by atoms with Crippen LogP contribution in [0.5, 0.6) is 5.75 Å². The van der Waals surface area contributed by atoms with E-state index in [4.69, 9.17) is 27.9 Å². The lowest BCUT2D eigenvalue weighted by Crippen LogP contribution is -2.22. The van der Waals surface area contributed by atoms with Crippen LogP contribution in [0.1, 0.15) is 25.9 Å². The quantitative estimate of drug-likeness (QED) is 0.575. The van der Waals surface area contributed by atoms with Gasteiger partial charge in [0.05, 0.1) is 10.7 Å². The molecule has 3 rings (SSSR count). The van der Waals surface area contributed by atoms with Crippen LogP contribution in [0.2, 0.25) is 10.0 Å². The Hall–Kier alpha value is -2.61. The number of thiazole rings is 1. The summed E-state index contributed by atoms with van der Waals surface area (Å²) >= 11 is 13.3. The summed E-state index contributed by atoms with van der Waals surface area (Å²) in [5.41, 5.74) is 1.01. The van der Waals surface area contributed by atoms with Crippen molar-refractivity contribution < 1.29 is 14.3 Å². The van der Waals surface area contributed by atoms with Crippen LogP contribution < -0.4 is 10.1 Å². The molecule has 0 aliphatic rings. The highest BCUT2D eigenvalue weighted by Crippen LogP contribution is 2.25. The zero-order valence-corrected chi connectivity index (χ0v) is 17.9. The van der Waals surface area contributed by atoms with Gasteiger partial charge in [0.2, 0.25) is 0 Å². The number of hydrogen-bond acceptors (Lipinski definition) is 5. The number of carbonyl (C=O) groups excluding carboxylic acids is 2. The Labute approximate surface area is 182 Å². The molecule has 0 spiro atoms. The fourth-order valence-corrected chi connectivity index (χ4v) is 3.33. The maximum absolute atomic E-state index is 12.5. The number of rotatable bonds is 6. The minimum Gasteiger partial charge on any atom is -0.486 e. The van der Waals surface area contributed by atoms with Crippen LogP contribution in [0.25, 0.3) is 0 Å². The fraction of sp³-hybridized carbons (Fsp3) is 0.150. The van der Waals surface area contributed by atoms with E-state index in [0.29, 0.717) is 32.1 Å². The Morgan fingerprint density at radius 2 is 1.86 bits per heavy atom. The monoisotopic (exact) mass is 449 g/mol. The maximum Gasteiger partial charge on any atom is 0.275 e. The van der Waals surface area contributed by atoms with Gasteiger partial charge in [0.15, 0.2) is 0 Å². The SMILES string of the molecule is CN(C)C(=O)c1ccc(Cl)c(NC(=O)c2csc(COc3ccc(Cl)cc3)n2)c1. The van der Waals surface area contributed by atoms with Gasteiger partial charge in [-0.3, -0.25) is 9.59 Å². The van der Waals surface area contributed by atoms with Crippen molar-refractivity contribution in [2.45, 2.75) is 6.61 Å². The van der Waals surface area contributed by atoms with Crippen molar-refractivity contribution in [2.75, 3.05) is 19.4 Å². The first-order valence-corrected chi connectivity index (χ1v) is 10.1. The van der Waals surface area contributed by atoms with Gasteiger partial charge in [0.1, 0.15) is 23.1 Å². The molecule has 0 aliphatic heterocycles. The van der Waals surface area contributed by atoms with Gasteiger partial charge >= 0.3 is 0 Å². The number of nitrogens with one attached hydrogen (secondary N) is 1. The van der Waals surface area contributed by atoms with Gasteiger partial charge in [0.25, 0.3) is 11.8 Å². The summed E-state index contributed by atoms with van der Waals surface area (Å²) in [7, 11) is 3.30. The van der Waals surface area contributed by atoms with Gasteiger partial charge in [-0.2, -0.15) is 0 Å². The zero-order valence-electron chi connectivity index (χ0n) is 15.6. The predicted octanol–water partition coefficient (Wildman–Crippen LogP) is 4.98. The second-order valence-electron chi connectivity index (χ2n) is 6.22. The predicted molar refractivity (Wildman–Crippen MR) is 115 cm³/mol. The van der Waals surface area contributed by atoms with E-state index in [-0.39, 0.29) is 18.2 Å². The van der Waals surface area contributed by atoms with E-state index in [1.165, 1.54) is 16.2 Å². The van der Waals surface area contributed by atoms with Gasteiger partial charge in [-0.1, -0.05) is 23.2 Å². The molecule has 2 amide bonds. The van der Waals surface area contributed by atoms with E-state index >= 15 is 0 Å². The van der Waals surface area contributed by atoms with Crippen molar-refractivity contribution in [3.8, 4) is 5.75 Å². The van der Waals surface area contributed by atoms with Crippen molar-refractivity contribution in [2.24, 2.45) is 0 Å². The largest absolute Gasteiger partial charge is 0.486 e. The van der Waals surface area contributed by atoms with Crippen LogP contribution in [0, 0.1) is 0 Å². The third-order valence-electron chi connectivity index (χ3n) is 3.83. The van der Waals surface area contributed by atoms with Gasteiger partial charge in [0, 0.05) is 30.1 Å². The molecule has 0 unspecified atom stereocenters. The van der Waals surface area contributed by atoms with Crippen LogP contribution >= 0.6 is 34.5 Å². The Balaban J connectivity index is 1.66. The highest BCUT2D eigenvalue weighted by molar-refractivity contribution is 7.09. The molecule has 6 nitrogen and oxygen atoms in total. The lowest BCUT2D eigenvalue weighted by molar-refractivity contribution is 0.0827. The minimum atomic E-state index is -0.421. The molecule has 2 aromatic carbocycles. The van der Waals surface area contributed by atoms with E-state index in [2.05, 4.69) is 10.3 Å². The van der Waals surface area contributed by atoms with Crippen molar-refractivity contribution in [3.05, 3.63) is 74.2 Å². The van der Waals surface area contributed by atoms with E-state index in [0.717, 1.165) is 0 Å². The summed E-state index contributed by atoms with van der Waals surface area (Å²) in [6.45, 7) is 0.229.